The zero-order valence-electron chi connectivity index (χ0n) is 9.58. The molecular weight excluding hydrogens is 194 g/mol. The fourth-order valence-electron chi connectivity index (χ4n) is 1.75. The van der Waals surface area contributed by atoms with Gasteiger partial charge in [-0.3, -0.25) is 0 Å². The molecule has 1 saturated heterocycles. The first-order valence-corrected chi connectivity index (χ1v) is 5.86. The van der Waals surface area contributed by atoms with Gasteiger partial charge in [-0.25, -0.2) is 0 Å². The molecule has 2 N–H and O–H groups in total. The molecule has 0 amide bonds. The first-order valence-electron chi connectivity index (χ1n) is 5.86. The predicted octanol–water partition coefficient (Wildman–Crippen LogP) is 0.400. The van der Waals surface area contributed by atoms with E-state index in [1.807, 2.05) is 6.92 Å². The van der Waals surface area contributed by atoms with Gasteiger partial charge in [-0.05, 0) is 25.3 Å². The van der Waals surface area contributed by atoms with Crippen LogP contribution in [-0.2, 0) is 9.47 Å². The summed E-state index contributed by atoms with van der Waals surface area (Å²) in [6, 6.07) is 0.0786. The molecule has 1 fully saturated rings. The molecule has 0 spiro atoms. The van der Waals surface area contributed by atoms with Gasteiger partial charge in [0.05, 0.1) is 19.3 Å². The Kier molecular flexibility index (Phi) is 6.92. The number of nitrogens with one attached hydrogen (secondary N) is 1. The summed E-state index contributed by atoms with van der Waals surface area (Å²) in [5.74, 6) is 0.639. The molecule has 1 rings (SSSR count). The van der Waals surface area contributed by atoms with Gasteiger partial charge in [0, 0.05) is 19.8 Å². The second-order valence-corrected chi connectivity index (χ2v) is 4.03. The van der Waals surface area contributed by atoms with Crippen molar-refractivity contribution in [1.29, 1.82) is 0 Å². The van der Waals surface area contributed by atoms with Crippen LogP contribution in [0.15, 0.2) is 0 Å². The van der Waals surface area contributed by atoms with E-state index in [4.69, 9.17) is 14.6 Å². The number of ether oxygens (including phenoxy) is 2. The van der Waals surface area contributed by atoms with E-state index in [9.17, 15) is 0 Å². The second-order valence-electron chi connectivity index (χ2n) is 4.03. The maximum Gasteiger partial charge on any atom is 0.0642 e. The van der Waals surface area contributed by atoms with Gasteiger partial charge in [0.15, 0.2) is 0 Å². The monoisotopic (exact) mass is 217 g/mol. The fraction of sp³-hybridized carbons (Fsp3) is 1.00. The number of aliphatic hydroxyl groups excluding tert-OH is 1. The van der Waals surface area contributed by atoms with Crippen LogP contribution < -0.4 is 5.32 Å². The Bertz CT molecular complexity index is 144. The molecule has 90 valence electrons. The minimum atomic E-state index is 0.0786. The van der Waals surface area contributed by atoms with Crippen molar-refractivity contribution in [3.05, 3.63) is 0 Å². The molecule has 1 atom stereocenters. The summed E-state index contributed by atoms with van der Waals surface area (Å²) in [5, 5.41) is 12.2. The van der Waals surface area contributed by atoms with E-state index >= 15 is 0 Å². The van der Waals surface area contributed by atoms with Crippen molar-refractivity contribution in [3.8, 4) is 0 Å². The van der Waals surface area contributed by atoms with Crippen molar-refractivity contribution in [2.24, 2.45) is 5.92 Å². The molecule has 0 bridgehead atoms. The minimum Gasteiger partial charge on any atom is -0.395 e. The quantitative estimate of drug-likeness (QED) is 0.648. The van der Waals surface area contributed by atoms with Gasteiger partial charge in [-0.1, -0.05) is 6.92 Å². The van der Waals surface area contributed by atoms with Gasteiger partial charge in [-0.15, -0.1) is 0 Å². The number of rotatable bonds is 7. The van der Waals surface area contributed by atoms with Crippen LogP contribution in [-0.4, -0.2) is 50.7 Å². The number of hydrogen-bond donors (Lipinski definition) is 2. The average molecular weight is 217 g/mol. The molecule has 0 aromatic rings. The zero-order chi connectivity index (χ0) is 10.9. The van der Waals surface area contributed by atoms with E-state index in [2.05, 4.69) is 5.32 Å². The smallest absolute Gasteiger partial charge is 0.0642 e. The van der Waals surface area contributed by atoms with Gasteiger partial charge < -0.3 is 19.9 Å². The summed E-state index contributed by atoms with van der Waals surface area (Å²) in [5.41, 5.74) is 0. The Hall–Kier alpha value is -0.160. The van der Waals surface area contributed by atoms with E-state index in [0.29, 0.717) is 12.5 Å². The summed E-state index contributed by atoms with van der Waals surface area (Å²) < 4.78 is 10.9. The molecule has 0 aromatic heterocycles. The molecule has 0 radical (unpaired) electrons. The summed E-state index contributed by atoms with van der Waals surface area (Å²) in [6.45, 7) is 6.16. The molecule has 1 heterocycles. The molecule has 15 heavy (non-hydrogen) atoms. The molecule has 0 saturated carbocycles. The van der Waals surface area contributed by atoms with E-state index in [-0.39, 0.29) is 12.6 Å². The number of hydrogen-bond acceptors (Lipinski definition) is 4. The Balaban J connectivity index is 2.03. The molecule has 0 aliphatic carbocycles. The first-order chi connectivity index (χ1) is 7.36. The van der Waals surface area contributed by atoms with Crippen LogP contribution in [0, 0.1) is 5.92 Å². The summed E-state index contributed by atoms with van der Waals surface area (Å²) in [7, 11) is 0. The lowest BCUT2D eigenvalue weighted by atomic mass is 10.0. The van der Waals surface area contributed by atoms with E-state index in [1.54, 1.807) is 0 Å². The fourth-order valence-corrected chi connectivity index (χ4v) is 1.75. The third-order valence-electron chi connectivity index (χ3n) is 2.73. The van der Waals surface area contributed by atoms with Crippen LogP contribution >= 0.6 is 0 Å². The van der Waals surface area contributed by atoms with Crippen molar-refractivity contribution >= 4 is 0 Å². The zero-order valence-corrected chi connectivity index (χ0v) is 9.58. The van der Waals surface area contributed by atoms with Crippen molar-refractivity contribution in [2.75, 3.05) is 39.6 Å². The standard InChI is InChI=1S/C11H23NO3/c1-2-12-11(7-13)9-15-8-10-3-5-14-6-4-10/h10-13H,2-9H2,1H3. The van der Waals surface area contributed by atoms with Crippen LogP contribution in [0.1, 0.15) is 19.8 Å². The van der Waals surface area contributed by atoms with E-state index in [0.717, 1.165) is 39.2 Å². The average Bonchev–Trinajstić information content (AvgIpc) is 2.29. The van der Waals surface area contributed by atoms with Crippen molar-refractivity contribution in [1.82, 2.24) is 5.32 Å². The van der Waals surface area contributed by atoms with Crippen LogP contribution in [0.2, 0.25) is 0 Å². The lowest BCUT2D eigenvalue weighted by Gasteiger charge is -2.23. The number of likely N-dealkylation sites (N-methyl/N-ethyl adjacent to an activating group) is 1. The van der Waals surface area contributed by atoms with Crippen LogP contribution in [0.4, 0.5) is 0 Å². The summed E-state index contributed by atoms with van der Waals surface area (Å²) in [6.07, 6.45) is 2.20. The highest BCUT2D eigenvalue weighted by Crippen LogP contribution is 2.14. The van der Waals surface area contributed by atoms with E-state index < -0.39 is 0 Å². The molecule has 4 heteroatoms. The summed E-state index contributed by atoms with van der Waals surface area (Å²) in [4.78, 5) is 0. The highest BCUT2D eigenvalue weighted by molar-refractivity contribution is 4.65. The molecule has 1 aliphatic heterocycles. The summed E-state index contributed by atoms with van der Waals surface area (Å²) >= 11 is 0. The third kappa shape index (κ3) is 5.47. The van der Waals surface area contributed by atoms with Gasteiger partial charge in [-0.2, -0.15) is 0 Å². The predicted molar refractivity (Wildman–Crippen MR) is 58.9 cm³/mol. The van der Waals surface area contributed by atoms with Gasteiger partial charge >= 0.3 is 0 Å². The molecule has 1 aliphatic rings. The van der Waals surface area contributed by atoms with Crippen molar-refractivity contribution in [3.63, 3.8) is 0 Å². The topological polar surface area (TPSA) is 50.7 Å². The Morgan fingerprint density at radius 1 is 1.47 bits per heavy atom. The minimum absolute atomic E-state index is 0.0786. The second kappa shape index (κ2) is 8.05. The Labute approximate surface area is 92.0 Å². The number of aliphatic hydroxyl groups is 1. The van der Waals surface area contributed by atoms with Crippen LogP contribution in [0.5, 0.6) is 0 Å². The Morgan fingerprint density at radius 3 is 2.80 bits per heavy atom. The molecule has 0 aromatic carbocycles. The highest BCUT2D eigenvalue weighted by Gasteiger charge is 2.14. The SMILES string of the molecule is CCNC(CO)COCC1CCOCC1. The lowest BCUT2D eigenvalue weighted by Crippen LogP contribution is -2.37. The van der Waals surface area contributed by atoms with Crippen LogP contribution in [0.3, 0.4) is 0 Å². The van der Waals surface area contributed by atoms with Crippen LogP contribution in [0.25, 0.3) is 0 Å². The largest absolute Gasteiger partial charge is 0.395 e. The first kappa shape index (κ1) is 12.9. The van der Waals surface area contributed by atoms with Gasteiger partial charge in [0.25, 0.3) is 0 Å². The van der Waals surface area contributed by atoms with Crippen molar-refractivity contribution < 1.29 is 14.6 Å². The molecular formula is C11H23NO3. The van der Waals surface area contributed by atoms with Gasteiger partial charge in [0.1, 0.15) is 0 Å². The van der Waals surface area contributed by atoms with Gasteiger partial charge in [0.2, 0.25) is 0 Å². The molecule has 4 nitrogen and oxygen atoms in total. The normalized spacial score (nSPS) is 20.4. The maximum atomic E-state index is 9.03. The highest BCUT2D eigenvalue weighted by atomic mass is 16.5. The maximum absolute atomic E-state index is 9.03. The van der Waals surface area contributed by atoms with E-state index in [1.165, 1.54) is 0 Å². The lowest BCUT2D eigenvalue weighted by molar-refractivity contribution is 0.0111. The molecule has 1 unspecified atom stereocenters. The van der Waals surface area contributed by atoms with Crippen molar-refractivity contribution in [2.45, 2.75) is 25.8 Å². The Morgan fingerprint density at radius 2 is 2.20 bits per heavy atom. The third-order valence-corrected chi connectivity index (χ3v) is 2.73.